The highest BCUT2D eigenvalue weighted by molar-refractivity contribution is 7.88. The van der Waals surface area contributed by atoms with Gasteiger partial charge in [0, 0.05) is 6.54 Å². The molecule has 1 rings (SSSR count). The van der Waals surface area contributed by atoms with Crippen LogP contribution in [0.4, 0.5) is 0 Å². The Morgan fingerprint density at radius 2 is 2.23 bits per heavy atom. The molecule has 0 fully saturated rings. The van der Waals surface area contributed by atoms with Gasteiger partial charge in [-0.05, 0) is 5.92 Å². The van der Waals surface area contributed by atoms with Crippen LogP contribution in [0.25, 0.3) is 0 Å². The molecule has 74 valence electrons. The van der Waals surface area contributed by atoms with Crippen molar-refractivity contribution in [1.29, 1.82) is 0 Å². The maximum Gasteiger partial charge on any atom is 0.344 e. The van der Waals surface area contributed by atoms with Crippen molar-refractivity contribution in [2.45, 2.75) is 13.8 Å². The first-order valence-electron chi connectivity index (χ1n) is 3.90. The van der Waals surface area contributed by atoms with Gasteiger partial charge in [0.25, 0.3) is 0 Å². The molecule has 5 nitrogen and oxygen atoms in total. The first kappa shape index (κ1) is 10.0. The van der Waals surface area contributed by atoms with Crippen molar-refractivity contribution in [2.75, 3.05) is 6.54 Å². The Balaban J connectivity index is 2.89. The van der Waals surface area contributed by atoms with E-state index >= 15 is 0 Å². The molecule has 0 amide bonds. The number of allylic oxidation sites excluding steroid dienone is 1. The Morgan fingerprint density at radius 1 is 1.62 bits per heavy atom. The Bertz CT molecular complexity index is 343. The smallest absolute Gasteiger partial charge is 0.344 e. The van der Waals surface area contributed by atoms with Crippen LogP contribution >= 0.6 is 0 Å². The molecule has 0 aromatic heterocycles. The molecular formula is C7H12N2O3S. The molecule has 1 aliphatic rings. The zero-order valence-electron chi connectivity index (χ0n) is 7.51. The highest BCUT2D eigenvalue weighted by Crippen LogP contribution is 2.12. The standard InChI is InChI=1S/C7H12N2O3S/c1-6(2)4-9-5-7(10)3-8-13(9,11)12/h3,5-6,10H,4H2,1-2H3. The van der Waals surface area contributed by atoms with Crippen LogP contribution in [-0.2, 0) is 10.2 Å². The average molecular weight is 204 g/mol. The van der Waals surface area contributed by atoms with Crippen LogP contribution in [0.1, 0.15) is 13.8 Å². The van der Waals surface area contributed by atoms with E-state index in [2.05, 4.69) is 4.40 Å². The van der Waals surface area contributed by atoms with Gasteiger partial charge in [-0.25, -0.2) is 0 Å². The van der Waals surface area contributed by atoms with Crippen molar-refractivity contribution in [2.24, 2.45) is 10.3 Å². The van der Waals surface area contributed by atoms with Gasteiger partial charge in [-0.15, -0.1) is 4.40 Å². The van der Waals surface area contributed by atoms with Crippen LogP contribution in [0, 0.1) is 5.92 Å². The van der Waals surface area contributed by atoms with Gasteiger partial charge in [-0.3, -0.25) is 4.31 Å². The minimum atomic E-state index is -3.59. The molecule has 0 saturated carbocycles. The first-order valence-corrected chi connectivity index (χ1v) is 5.29. The van der Waals surface area contributed by atoms with E-state index in [4.69, 9.17) is 5.11 Å². The fraction of sp³-hybridized carbons (Fsp3) is 0.571. The highest BCUT2D eigenvalue weighted by Gasteiger charge is 2.21. The zero-order valence-corrected chi connectivity index (χ0v) is 8.32. The van der Waals surface area contributed by atoms with Crippen molar-refractivity contribution >= 4 is 16.4 Å². The lowest BCUT2D eigenvalue weighted by Crippen LogP contribution is -2.30. The predicted molar refractivity (Wildman–Crippen MR) is 49.7 cm³/mol. The van der Waals surface area contributed by atoms with E-state index in [0.29, 0.717) is 6.54 Å². The fourth-order valence-electron chi connectivity index (χ4n) is 0.935. The molecule has 0 unspecified atom stereocenters. The SMILES string of the molecule is CC(C)CN1C=C(O)C=NS1(=O)=O. The van der Waals surface area contributed by atoms with Crippen LogP contribution in [-0.4, -0.2) is 30.6 Å². The summed E-state index contributed by atoms with van der Waals surface area (Å²) in [4.78, 5) is 0. The summed E-state index contributed by atoms with van der Waals surface area (Å²) in [5, 5.41) is 9.03. The van der Waals surface area contributed by atoms with Crippen molar-refractivity contribution in [3.63, 3.8) is 0 Å². The van der Waals surface area contributed by atoms with Crippen LogP contribution in [0.5, 0.6) is 0 Å². The van der Waals surface area contributed by atoms with Crippen LogP contribution in [0.15, 0.2) is 16.4 Å². The quantitative estimate of drug-likeness (QED) is 0.718. The summed E-state index contributed by atoms with van der Waals surface area (Å²) in [6.07, 6.45) is 2.09. The number of hydrogen-bond donors (Lipinski definition) is 1. The highest BCUT2D eigenvalue weighted by atomic mass is 32.2. The van der Waals surface area contributed by atoms with Gasteiger partial charge in [0.15, 0.2) is 5.76 Å². The van der Waals surface area contributed by atoms with Crippen LogP contribution in [0.2, 0.25) is 0 Å². The molecule has 1 aliphatic heterocycles. The summed E-state index contributed by atoms with van der Waals surface area (Å²) < 4.78 is 26.7. The largest absolute Gasteiger partial charge is 0.505 e. The maximum atomic E-state index is 11.2. The number of aliphatic hydroxyl groups is 1. The second-order valence-corrected chi connectivity index (χ2v) is 4.81. The monoisotopic (exact) mass is 204 g/mol. The summed E-state index contributed by atoms with van der Waals surface area (Å²) in [6, 6.07) is 0. The second kappa shape index (κ2) is 3.37. The van der Waals surface area contributed by atoms with E-state index in [1.54, 1.807) is 0 Å². The normalized spacial score (nSPS) is 20.5. The van der Waals surface area contributed by atoms with Gasteiger partial charge in [0.05, 0.1) is 12.4 Å². The molecule has 0 aromatic carbocycles. The lowest BCUT2D eigenvalue weighted by atomic mass is 10.2. The van der Waals surface area contributed by atoms with Gasteiger partial charge >= 0.3 is 10.2 Å². The molecule has 0 radical (unpaired) electrons. The third-order valence-corrected chi connectivity index (χ3v) is 2.65. The Kier molecular flexibility index (Phi) is 2.60. The lowest BCUT2D eigenvalue weighted by Gasteiger charge is -2.21. The Hall–Kier alpha value is -1.04. The molecule has 0 spiro atoms. The minimum absolute atomic E-state index is 0.143. The van der Waals surface area contributed by atoms with Crippen molar-refractivity contribution < 1.29 is 13.5 Å². The molecule has 0 aliphatic carbocycles. The van der Waals surface area contributed by atoms with Crippen LogP contribution < -0.4 is 0 Å². The summed E-state index contributed by atoms with van der Waals surface area (Å²) >= 11 is 0. The van der Waals surface area contributed by atoms with Crippen molar-refractivity contribution in [1.82, 2.24) is 4.31 Å². The van der Waals surface area contributed by atoms with E-state index in [1.165, 1.54) is 6.20 Å². The molecule has 6 heteroatoms. The van der Waals surface area contributed by atoms with Gasteiger partial charge in [0.1, 0.15) is 0 Å². The zero-order chi connectivity index (χ0) is 10.1. The first-order chi connectivity index (χ1) is 5.92. The third-order valence-electron chi connectivity index (χ3n) is 1.44. The molecule has 0 saturated heterocycles. The fourth-order valence-corrected chi connectivity index (χ4v) is 2.03. The minimum Gasteiger partial charge on any atom is -0.505 e. The lowest BCUT2D eigenvalue weighted by molar-refractivity contribution is 0.398. The van der Waals surface area contributed by atoms with E-state index < -0.39 is 10.2 Å². The molecule has 1 N–H and O–H groups in total. The summed E-state index contributed by atoms with van der Waals surface area (Å²) in [6.45, 7) is 4.10. The summed E-state index contributed by atoms with van der Waals surface area (Å²) in [7, 11) is -3.59. The number of hydrogen-bond acceptors (Lipinski definition) is 3. The maximum absolute atomic E-state index is 11.2. The molecule has 1 heterocycles. The van der Waals surface area contributed by atoms with E-state index in [-0.39, 0.29) is 11.7 Å². The molecule has 13 heavy (non-hydrogen) atoms. The predicted octanol–water partition coefficient (Wildman–Crippen LogP) is 0.673. The van der Waals surface area contributed by atoms with Crippen molar-refractivity contribution in [3.8, 4) is 0 Å². The summed E-state index contributed by atoms with van der Waals surface area (Å²) in [5.41, 5.74) is 0. The average Bonchev–Trinajstić information content (AvgIpc) is 1.97. The van der Waals surface area contributed by atoms with Gasteiger partial charge in [-0.2, -0.15) is 8.42 Å². The van der Waals surface area contributed by atoms with E-state index in [0.717, 1.165) is 10.5 Å². The molecule has 0 aromatic rings. The molecule has 0 bridgehead atoms. The number of nitrogens with zero attached hydrogens (tertiary/aromatic N) is 2. The Morgan fingerprint density at radius 3 is 2.77 bits per heavy atom. The topological polar surface area (TPSA) is 70.0 Å². The number of aliphatic hydroxyl groups excluding tert-OH is 1. The third kappa shape index (κ3) is 2.45. The molecule has 0 atom stereocenters. The van der Waals surface area contributed by atoms with Crippen LogP contribution in [0.3, 0.4) is 0 Å². The summed E-state index contributed by atoms with van der Waals surface area (Å²) in [5.74, 6) is 0.0441. The van der Waals surface area contributed by atoms with Gasteiger partial charge in [-0.1, -0.05) is 13.8 Å². The van der Waals surface area contributed by atoms with Crippen molar-refractivity contribution in [3.05, 3.63) is 12.0 Å². The Labute approximate surface area is 77.6 Å². The molecular weight excluding hydrogens is 192 g/mol. The second-order valence-electron chi connectivity index (χ2n) is 3.23. The van der Waals surface area contributed by atoms with Gasteiger partial charge < -0.3 is 5.11 Å². The van der Waals surface area contributed by atoms with Gasteiger partial charge in [0.2, 0.25) is 0 Å². The van der Waals surface area contributed by atoms with E-state index in [9.17, 15) is 8.42 Å². The van der Waals surface area contributed by atoms with E-state index in [1.807, 2.05) is 13.8 Å². The number of rotatable bonds is 2.